The molecule has 0 amide bonds. The molecule has 1 aliphatic rings. The third kappa shape index (κ3) is 2.05. The lowest BCUT2D eigenvalue weighted by Crippen LogP contribution is -2.43. The largest absolute Gasteiger partial charge is 0.497 e. The van der Waals surface area contributed by atoms with Gasteiger partial charge in [-0.3, -0.25) is 9.59 Å². The van der Waals surface area contributed by atoms with E-state index in [1.54, 1.807) is 24.3 Å². The number of methoxy groups -OCH3 is 1. The highest BCUT2D eigenvalue weighted by molar-refractivity contribution is 6.30. The maximum Gasteiger partial charge on any atom is 0.195 e. The van der Waals surface area contributed by atoms with E-state index in [0.717, 1.165) is 6.08 Å². The van der Waals surface area contributed by atoms with E-state index in [1.165, 1.54) is 7.11 Å². The van der Waals surface area contributed by atoms with E-state index in [2.05, 4.69) is 0 Å². The van der Waals surface area contributed by atoms with Crippen LogP contribution in [0.4, 0.5) is 0 Å². The van der Waals surface area contributed by atoms with Gasteiger partial charge in [0, 0.05) is 5.57 Å². The predicted molar refractivity (Wildman–Crippen MR) is 63.0 cm³/mol. The maximum atomic E-state index is 11.8. The fraction of sp³-hybridized carbons (Fsp3) is 0.231. The van der Waals surface area contributed by atoms with E-state index in [-0.39, 0.29) is 5.57 Å². The number of hydrogen-bond donors (Lipinski definition) is 2. The topological polar surface area (TPSA) is 83.8 Å². The van der Waals surface area contributed by atoms with Crippen molar-refractivity contribution in [3.63, 3.8) is 0 Å². The van der Waals surface area contributed by atoms with Crippen LogP contribution in [0.15, 0.2) is 30.3 Å². The number of carbonyl (C=O) groups is 2. The van der Waals surface area contributed by atoms with Gasteiger partial charge in [0.05, 0.1) is 7.11 Å². The van der Waals surface area contributed by atoms with Crippen molar-refractivity contribution in [3.8, 4) is 5.75 Å². The maximum absolute atomic E-state index is 11.8. The number of ether oxygens (including phenoxy) is 1. The van der Waals surface area contributed by atoms with Crippen molar-refractivity contribution in [1.29, 1.82) is 0 Å². The van der Waals surface area contributed by atoms with Crippen LogP contribution >= 0.6 is 0 Å². The van der Waals surface area contributed by atoms with Crippen LogP contribution in [0.1, 0.15) is 5.56 Å². The number of benzene rings is 1. The molecule has 2 N–H and O–H groups in total. The van der Waals surface area contributed by atoms with Gasteiger partial charge in [0.1, 0.15) is 11.9 Å². The number of aliphatic hydroxyl groups is 2. The first-order valence-corrected chi connectivity index (χ1v) is 5.35. The molecule has 0 fully saturated rings. The summed E-state index contributed by atoms with van der Waals surface area (Å²) in [6.45, 7) is 0. The van der Waals surface area contributed by atoms with Crippen molar-refractivity contribution in [2.24, 2.45) is 0 Å². The summed E-state index contributed by atoms with van der Waals surface area (Å²) < 4.78 is 4.98. The first kappa shape index (κ1) is 12.5. The van der Waals surface area contributed by atoms with E-state index >= 15 is 0 Å². The van der Waals surface area contributed by atoms with Crippen LogP contribution in [0.5, 0.6) is 5.75 Å². The zero-order valence-corrected chi connectivity index (χ0v) is 9.66. The Labute approximate surface area is 103 Å². The van der Waals surface area contributed by atoms with Crippen LogP contribution in [-0.4, -0.2) is 41.1 Å². The second-order valence-corrected chi connectivity index (χ2v) is 3.94. The second kappa shape index (κ2) is 4.72. The number of Topliss-reactive ketones (excluding diaryl/α,β-unsaturated/α-hetero) is 1. The average Bonchev–Trinajstić information content (AvgIpc) is 2.41. The van der Waals surface area contributed by atoms with Gasteiger partial charge >= 0.3 is 0 Å². The number of carbonyl (C=O) groups excluding carboxylic acids is 2. The molecule has 0 aliphatic heterocycles. The Hall–Kier alpha value is -1.98. The Balaban J connectivity index is 2.40. The number of rotatable bonds is 2. The van der Waals surface area contributed by atoms with Crippen molar-refractivity contribution in [3.05, 3.63) is 35.9 Å². The molecule has 0 bridgehead atoms. The summed E-state index contributed by atoms with van der Waals surface area (Å²) in [7, 11) is 1.52. The Morgan fingerprint density at radius 3 is 2.22 bits per heavy atom. The van der Waals surface area contributed by atoms with E-state index in [4.69, 9.17) is 4.74 Å². The zero-order valence-electron chi connectivity index (χ0n) is 9.66. The van der Waals surface area contributed by atoms with Gasteiger partial charge in [0.2, 0.25) is 0 Å². The van der Waals surface area contributed by atoms with Crippen LogP contribution in [0.2, 0.25) is 0 Å². The fourth-order valence-corrected chi connectivity index (χ4v) is 1.75. The quantitative estimate of drug-likeness (QED) is 0.766. The Morgan fingerprint density at radius 2 is 1.67 bits per heavy atom. The summed E-state index contributed by atoms with van der Waals surface area (Å²) in [4.78, 5) is 23.2. The highest BCUT2D eigenvalue weighted by Crippen LogP contribution is 2.24. The molecule has 0 spiro atoms. The molecule has 18 heavy (non-hydrogen) atoms. The summed E-state index contributed by atoms with van der Waals surface area (Å²) in [6, 6.07) is 6.51. The van der Waals surface area contributed by atoms with Crippen molar-refractivity contribution in [2.45, 2.75) is 12.2 Å². The van der Waals surface area contributed by atoms with E-state index in [0.29, 0.717) is 11.3 Å². The molecule has 94 valence electrons. The minimum Gasteiger partial charge on any atom is -0.497 e. The monoisotopic (exact) mass is 248 g/mol. The van der Waals surface area contributed by atoms with Gasteiger partial charge in [0.15, 0.2) is 17.7 Å². The van der Waals surface area contributed by atoms with Gasteiger partial charge < -0.3 is 14.9 Å². The molecule has 5 heteroatoms. The fourth-order valence-electron chi connectivity index (χ4n) is 1.75. The van der Waals surface area contributed by atoms with Crippen LogP contribution in [0.3, 0.4) is 0 Å². The smallest absolute Gasteiger partial charge is 0.195 e. The number of ketones is 2. The lowest BCUT2D eigenvalue weighted by molar-refractivity contribution is -0.138. The highest BCUT2D eigenvalue weighted by Gasteiger charge is 2.36. The van der Waals surface area contributed by atoms with E-state index in [9.17, 15) is 19.8 Å². The third-order valence-electron chi connectivity index (χ3n) is 2.81. The van der Waals surface area contributed by atoms with E-state index in [1.807, 2.05) is 0 Å². The van der Waals surface area contributed by atoms with Gasteiger partial charge in [-0.1, -0.05) is 12.1 Å². The molecule has 0 unspecified atom stereocenters. The number of hydrogen-bond acceptors (Lipinski definition) is 5. The Kier molecular flexibility index (Phi) is 3.27. The van der Waals surface area contributed by atoms with Crippen molar-refractivity contribution in [2.75, 3.05) is 7.11 Å². The van der Waals surface area contributed by atoms with Crippen molar-refractivity contribution >= 4 is 17.1 Å². The lowest BCUT2D eigenvalue weighted by Gasteiger charge is -2.21. The molecule has 0 radical (unpaired) electrons. The standard InChI is InChI=1S/C13H12O5/c1-18-8-4-2-7(3-5-8)9-6-10(14)12(16)13(17)11(9)15/h2-6,12-13,16-17H,1H3/t12-,13+/m1/s1. The summed E-state index contributed by atoms with van der Waals surface area (Å²) in [6.07, 6.45) is -2.30. The van der Waals surface area contributed by atoms with Crippen molar-refractivity contribution < 1.29 is 24.5 Å². The summed E-state index contributed by atoms with van der Waals surface area (Å²) >= 11 is 0. The lowest BCUT2D eigenvalue weighted by atomic mass is 9.88. The van der Waals surface area contributed by atoms with Gasteiger partial charge in [-0.05, 0) is 23.8 Å². The molecule has 0 saturated carbocycles. The third-order valence-corrected chi connectivity index (χ3v) is 2.81. The minimum atomic E-state index is -1.69. The molecular weight excluding hydrogens is 236 g/mol. The molecule has 2 rings (SSSR count). The van der Waals surface area contributed by atoms with Gasteiger partial charge in [0.25, 0.3) is 0 Å². The SMILES string of the molecule is COc1ccc(C2=CC(=O)[C@@H](O)[C@@H](O)C2=O)cc1. The molecule has 0 saturated heterocycles. The summed E-state index contributed by atoms with van der Waals surface area (Å²) in [5, 5.41) is 18.7. The van der Waals surface area contributed by atoms with Crippen LogP contribution in [0, 0.1) is 0 Å². The van der Waals surface area contributed by atoms with Gasteiger partial charge in [-0.2, -0.15) is 0 Å². The molecule has 0 heterocycles. The second-order valence-electron chi connectivity index (χ2n) is 3.94. The first-order chi connectivity index (χ1) is 8.54. The molecule has 1 aliphatic carbocycles. The average molecular weight is 248 g/mol. The summed E-state index contributed by atoms with van der Waals surface area (Å²) in [5.41, 5.74) is 0.598. The van der Waals surface area contributed by atoms with Crippen molar-refractivity contribution in [1.82, 2.24) is 0 Å². The van der Waals surface area contributed by atoms with Crippen LogP contribution < -0.4 is 4.74 Å². The van der Waals surface area contributed by atoms with Gasteiger partial charge in [-0.25, -0.2) is 0 Å². The Morgan fingerprint density at radius 1 is 1.06 bits per heavy atom. The summed E-state index contributed by atoms with van der Waals surface area (Å²) in [5.74, 6) is -0.713. The zero-order chi connectivity index (χ0) is 13.3. The molecule has 1 aromatic carbocycles. The molecule has 1 aromatic rings. The molecule has 5 nitrogen and oxygen atoms in total. The highest BCUT2D eigenvalue weighted by atomic mass is 16.5. The molecular formula is C13H12O5. The van der Waals surface area contributed by atoms with Crippen LogP contribution in [-0.2, 0) is 9.59 Å². The van der Waals surface area contributed by atoms with Gasteiger partial charge in [-0.15, -0.1) is 0 Å². The predicted octanol–water partition coefficient (Wildman–Crippen LogP) is -0.0478. The minimum absolute atomic E-state index is 0.0976. The Bertz CT molecular complexity index is 515. The molecule has 2 atom stereocenters. The normalized spacial score (nSPS) is 23.8. The molecule has 0 aromatic heterocycles. The van der Waals surface area contributed by atoms with Crippen LogP contribution in [0.25, 0.3) is 5.57 Å². The van der Waals surface area contributed by atoms with E-state index < -0.39 is 23.8 Å². The number of aliphatic hydroxyl groups excluding tert-OH is 2. The first-order valence-electron chi connectivity index (χ1n) is 5.35.